The Morgan fingerprint density at radius 3 is 2.60 bits per heavy atom. The van der Waals surface area contributed by atoms with Gasteiger partial charge in [-0.3, -0.25) is 0 Å². The molecule has 0 saturated heterocycles. The van der Waals surface area contributed by atoms with E-state index in [9.17, 15) is 0 Å². The minimum atomic E-state index is 0.668. The van der Waals surface area contributed by atoms with E-state index in [4.69, 9.17) is 0 Å². The van der Waals surface area contributed by atoms with Crippen LogP contribution in [0.4, 0.5) is 0 Å². The number of hydrogen-bond acceptors (Lipinski definition) is 1. The molecule has 0 aromatic heterocycles. The number of nitrogens with one attached hydrogen (secondary N) is 1. The fourth-order valence-corrected chi connectivity index (χ4v) is 3.88. The monoisotopic (exact) mass is 209 g/mol. The van der Waals surface area contributed by atoms with Crippen LogP contribution >= 0.6 is 0 Å². The Balaban J connectivity index is 1.80. The van der Waals surface area contributed by atoms with Crippen LogP contribution in [-0.4, -0.2) is 12.6 Å². The minimum Gasteiger partial charge on any atom is -0.314 e. The molecule has 1 nitrogen and oxygen atoms in total. The quantitative estimate of drug-likeness (QED) is 0.744. The third-order valence-electron chi connectivity index (χ3n) is 4.58. The van der Waals surface area contributed by atoms with E-state index in [1.54, 1.807) is 0 Å². The van der Waals surface area contributed by atoms with Crippen molar-refractivity contribution < 1.29 is 0 Å². The molecule has 2 atom stereocenters. The molecule has 0 aromatic rings. The van der Waals surface area contributed by atoms with Crippen LogP contribution in [0.25, 0.3) is 0 Å². The molecule has 2 aliphatic carbocycles. The summed E-state index contributed by atoms with van der Waals surface area (Å²) in [7, 11) is 0. The zero-order chi connectivity index (χ0) is 10.7. The Morgan fingerprint density at radius 2 is 1.93 bits per heavy atom. The van der Waals surface area contributed by atoms with Gasteiger partial charge in [-0.05, 0) is 43.6 Å². The molecule has 2 saturated carbocycles. The van der Waals surface area contributed by atoms with Crippen molar-refractivity contribution in [2.75, 3.05) is 6.54 Å². The van der Waals surface area contributed by atoms with Gasteiger partial charge in [0.15, 0.2) is 0 Å². The molecular formula is C14H27N. The van der Waals surface area contributed by atoms with Crippen LogP contribution in [0.1, 0.15) is 65.2 Å². The van der Waals surface area contributed by atoms with Gasteiger partial charge in [0.05, 0.1) is 0 Å². The largest absolute Gasteiger partial charge is 0.314 e. The van der Waals surface area contributed by atoms with E-state index in [-0.39, 0.29) is 0 Å². The van der Waals surface area contributed by atoms with E-state index >= 15 is 0 Å². The summed E-state index contributed by atoms with van der Waals surface area (Å²) in [6.07, 6.45) is 11.8. The van der Waals surface area contributed by atoms with Gasteiger partial charge in [-0.1, -0.05) is 39.5 Å². The number of rotatable bonds is 4. The summed E-state index contributed by atoms with van der Waals surface area (Å²) in [6.45, 7) is 5.90. The van der Waals surface area contributed by atoms with E-state index in [0.29, 0.717) is 5.41 Å². The van der Waals surface area contributed by atoms with Gasteiger partial charge in [-0.2, -0.15) is 0 Å². The summed E-state index contributed by atoms with van der Waals surface area (Å²) in [6, 6.07) is 0.821. The van der Waals surface area contributed by atoms with E-state index < -0.39 is 0 Å². The topological polar surface area (TPSA) is 12.0 Å². The molecule has 0 bridgehead atoms. The van der Waals surface area contributed by atoms with Crippen LogP contribution in [-0.2, 0) is 0 Å². The highest BCUT2D eigenvalue weighted by Gasteiger charge is 2.36. The van der Waals surface area contributed by atoms with Crippen molar-refractivity contribution in [1.29, 1.82) is 0 Å². The van der Waals surface area contributed by atoms with Crippen LogP contribution in [0.15, 0.2) is 0 Å². The lowest BCUT2D eigenvalue weighted by atomic mass is 9.79. The SMILES string of the molecule is CCNC1CCC(C)(CC2CCCC2)C1. The fourth-order valence-electron chi connectivity index (χ4n) is 3.88. The summed E-state index contributed by atoms with van der Waals surface area (Å²) >= 11 is 0. The zero-order valence-corrected chi connectivity index (χ0v) is 10.5. The molecule has 0 spiro atoms. The predicted octanol–water partition coefficient (Wildman–Crippen LogP) is 3.74. The normalized spacial score (nSPS) is 37.6. The maximum absolute atomic E-state index is 3.62. The molecule has 2 rings (SSSR count). The Hall–Kier alpha value is -0.0400. The third kappa shape index (κ3) is 2.96. The van der Waals surface area contributed by atoms with Crippen molar-refractivity contribution in [3.05, 3.63) is 0 Å². The summed E-state index contributed by atoms with van der Waals surface area (Å²) in [4.78, 5) is 0. The van der Waals surface area contributed by atoms with Crippen molar-refractivity contribution in [3.63, 3.8) is 0 Å². The molecule has 88 valence electrons. The van der Waals surface area contributed by atoms with Crippen LogP contribution in [0.3, 0.4) is 0 Å². The van der Waals surface area contributed by atoms with Crippen molar-refractivity contribution in [3.8, 4) is 0 Å². The Morgan fingerprint density at radius 1 is 1.20 bits per heavy atom. The third-order valence-corrected chi connectivity index (χ3v) is 4.58. The Bertz CT molecular complexity index is 196. The second-order valence-corrected chi connectivity index (χ2v) is 6.16. The lowest BCUT2D eigenvalue weighted by Crippen LogP contribution is -2.27. The first kappa shape index (κ1) is 11.4. The molecule has 2 fully saturated rings. The standard InChI is InChI=1S/C14H27N/c1-3-15-13-8-9-14(2,11-13)10-12-6-4-5-7-12/h12-13,15H,3-11H2,1-2H3. The van der Waals surface area contributed by atoms with Gasteiger partial charge in [-0.25, -0.2) is 0 Å². The summed E-state index contributed by atoms with van der Waals surface area (Å²) in [5.41, 5.74) is 0.668. The summed E-state index contributed by atoms with van der Waals surface area (Å²) < 4.78 is 0. The molecule has 0 radical (unpaired) electrons. The average molecular weight is 209 g/mol. The Kier molecular flexibility index (Phi) is 3.71. The van der Waals surface area contributed by atoms with E-state index in [2.05, 4.69) is 19.2 Å². The molecule has 15 heavy (non-hydrogen) atoms. The molecule has 0 amide bonds. The van der Waals surface area contributed by atoms with E-state index in [1.807, 2.05) is 0 Å². The highest BCUT2D eigenvalue weighted by atomic mass is 14.9. The highest BCUT2D eigenvalue weighted by molar-refractivity contribution is 4.91. The first-order valence-corrected chi connectivity index (χ1v) is 6.95. The summed E-state index contributed by atoms with van der Waals surface area (Å²) in [5, 5.41) is 3.62. The molecule has 1 heteroatoms. The zero-order valence-electron chi connectivity index (χ0n) is 10.5. The van der Waals surface area contributed by atoms with Crippen molar-refractivity contribution in [1.82, 2.24) is 5.32 Å². The summed E-state index contributed by atoms with van der Waals surface area (Å²) in [5.74, 6) is 1.07. The van der Waals surface area contributed by atoms with E-state index in [1.165, 1.54) is 51.4 Å². The molecule has 0 heterocycles. The van der Waals surface area contributed by atoms with E-state index in [0.717, 1.165) is 18.5 Å². The second-order valence-electron chi connectivity index (χ2n) is 6.16. The smallest absolute Gasteiger partial charge is 0.00723 e. The van der Waals surface area contributed by atoms with Crippen molar-refractivity contribution >= 4 is 0 Å². The van der Waals surface area contributed by atoms with Crippen LogP contribution in [0.2, 0.25) is 0 Å². The number of hydrogen-bond donors (Lipinski definition) is 1. The molecule has 1 N–H and O–H groups in total. The van der Waals surface area contributed by atoms with Gasteiger partial charge >= 0.3 is 0 Å². The predicted molar refractivity (Wildman–Crippen MR) is 66.0 cm³/mol. The van der Waals surface area contributed by atoms with Gasteiger partial charge in [0, 0.05) is 6.04 Å². The van der Waals surface area contributed by atoms with Gasteiger partial charge < -0.3 is 5.32 Å². The Labute approximate surface area is 95.0 Å². The van der Waals surface area contributed by atoms with Gasteiger partial charge in [0.1, 0.15) is 0 Å². The van der Waals surface area contributed by atoms with Crippen molar-refractivity contribution in [2.45, 2.75) is 71.3 Å². The first-order valence-electron chi connectivity index (χ1n) is 6.95. The maximum atomic E-state index is 3.62. The highest BCUT2D eigenvalue weighted by Crippen LogP contribution is 2.45. The molecule has 2 aliphatic rings. The molecule has 2 unspecified atom stereocenters. The lowest BCUT2D eigenvalue weighted by molar-refractivity contribution is 0.242. The lowest BCUT2D eigenvalue weighted by Gasteiger charge is -2.27. The van der Waals surface area contributed by atoms with Gasteiger partial charge in [0.2, 0.25) is 0 Å². The molecule has 0 aromatic carbocycles. The van der Waals surface area contributed by atoms with Gasteiger partial charge in [0.25, 0.3) is 0 Å². The first-order chi connectivity index (χ1) is 7.22. The molecule has 0 aliphatic heterocycles. The van der Waals surface area contributed by atoms with Crippen LogP contribution in [0.5, 0.6) is 0 Å². The second kappa shape index (κ2) is 4.86. The average Bonchev–Trinajstić information content (AvgIpc) is 2.78. The maximum Gasteiger partial charge on any atom is 0.00723 e. The van der Waals surface area contributed by atoms with Crippen LogP contribution < -0.4 is 5.32 Å². The van der Waals surface area contributed by atoms with Crippen molar-refractivity contribution in [2.24, 2.45) is 11.3 Å². The van der Waals surface area contributed by atoms with Crippen LogP contribution in [0, 0.1) is 11.3 Å². The fraction of sp³-hybridized carbons (Fsp3) is 1.00. The molecular weight excluding hydrogens is 182 g/mol. The van der Waals surface area contributed by atoms with Gasteiger partial charge in [-0.15, -0.1) is 0 Å². The minimum absolute atomic E-state index is 0.668.